The molecular formula is C32H42N2O6. The molecule has 1 fully saturated rings. The normalized spacial score (nSPS) is 18.1. The molecule has 1 aliphatic heterocycles. The second kappa shape index (κ2) is 12.4. The summed E-state index contributed by atoms with van der Waals surface area (Å²) in [7, 11) is 3.07. The van der Waals surface area contributed by atoms with Gasteiger partial charge in [0.1, 0.15) is 11.4 Å². The maximum Gasteiger partial charge on any atom is 0.419 e. The average Bonchev–Trinajstić information content (AvgIpc) is 3.39. The molecule has 0 bridgehead atoms. The fraction of sp³-hybridized carbons (Fsp3) is 0.500. The van der Waals surface area contributed by atoms with Crippen molar-refractivity contribution in [3.8, 4) is 5.75 Å². The average molecular weight is 551 g/mol. The Hall–Kier alpha value is -3.36. The summed E-state index contributed by atoms with van der Waals surface area (Å²) >= 11 is 0. The molecule has 2 atom stereocenters. The summed E-state index contributed by atoms with van der Waals surface area (Å²) in [6, 6.07) is 11.7. The van der Waals surface area contributed by atoms with Crippen molar-refractivity contribution in [1.82, 2.24) is 9.47 Å². The van der Waals surface area contributed by atoms with Gasteiger partial charge in [-0.15, -0.1) is 0 Å². The van der Waals surface area contributed by atoms with E-state index in [0.717, 1.165) is 65.8 Å². The molecule has 2 aromatic carbocycles. The number of ether oxygens (including phenoxy) is 4. The maximum atomic E-state index is 13.1. The zero-order chi connectivity index (χ0) is 29.0. The van der Waals surface area contributed by atoms with E-state index >= 15 is 0 Å². The highest BCUT2D eigenvalue weighted by molar-refractivity contribution is 5.95. The van der Waals surface area contributed by atoms with Crippen LogP contribution in [0.3, 0.4) is 0 Å². The van der Waals surface area contributed by atoms with Crippen molar-refractivity contribution in [1.29, 1.82) is 0 Å². The first-order valence-electron chi connectivity index (χ1n) is 14.0. The second-order valence-corrected chi connectivity index (χ2v) is 11.4. The molecule has 0 saturated carbocycles. The summed E-state index contributed by atoms with van der Waals surface area (Å²) in [5.74, 6) is 0.438. The number of likely N-dealkylation sites (tertiary alicyclic amines) is 1. The van der Waals surface area contributed by atoms with Crippen molar-refractivity contribution < 1.29 is 28.5 Å². The van der Waals surface area contributed by atoms with Crippen LogP contribution in [0.2, 0.25) is 0 Å². The lowest BCUT2D eigenvalue weighted by atomic mass is 9.91. The van der Waals surface area contributed by atoms with E-state index in [-0.39, 0.29) is 18.1 Å². The Morgan fingerprint density at radius 1 is 1.07 bits per heavy atom. The highest BCUT2D eigenvalue weighted by atomic mass is 16.6. The number of rotatable bonds is 8. The van der Waals surface area contributed by atoms with E-state index in [2.05, 4.69) is 11.8 Å². The molecule has 0 N–H and O–H groups in total. The SMILES string of the molecule is CCCOC1CCN(Cc2c(OC)cc(C)c3c2ccn3C(=O)OC(C)(C)C)C(c2ccc(C(=O)OC)cc2)C1. The number of aromatic nitrogens is 1. The molecule has 1 aromatic heterocycles. The summed E-state index contributed by atoms with van der Waals surface area (Å²) in [5.41, 5.74) is 3.83. The number of nitrogens with zero attached hydrogens (tertiary/aromatic N) is 2. The Morgan fingerprint density at radius 2 is 1.80 bits per heavy atom. The van der Waals surface area contributed by atoms with Crippen LogP contribution in [-0.4, -0.2) is 60.6 Å². The quantitative estimate of drug-likeness (QED) is 0.290. The van der Waals surface area contributed by atoms with E-state index in [4.69, 9.17) is 18.9 Å². The minimum absolute atomic E-state index is 0.0799. The Bertz CT molecular complexity index is 1340. The van der Waals surface area contributed by atoms with Gasteiger partial charge in [-0.3, -0.25) is 9.47 Å². The predicted molar refractivity (Wildman–Crippen MR) is 155 cm³/mol. The van der Waals surface area contributed by atoms with Crippen LogP contribution in [0, 0.1) is 6.92 Å². The number of hydrogen-bond acceptors (Lipinski definition) is 7. The number of benzene rings is 2. The third kappa shape index (κ3) is 6.50. The number of esters is 1. The van der Waals surface area contributed by atoms with Crippen LogP contribution >= 0.6 is 0 Å². The molecule has 8 nitrogen and oxygen atoms in total. The van der Waals surface area contributed by atoms with E-state index in [1.807, 2.05) is 64.1 Å². The van der Waals surface area contributed by atoms with Crippen LogP contribution in [0.15, 0.2) is 42.6 Å². The molecule has 1 saturated heterocycles. The number of piperidine rings is 1. The van der Waals surface area contributed by atoms with Crippen molar-refractivity contribution in [3.63, 3.8) is 0 Å². The third-order valence-corrected chi connectivity index (χ3v) is 7.34. The second-order valence-electron chi connectivity index (χ2n) is 11.4. The molecule has 2 heterocycles. The summed E-state index contributed by atoms with van der Waals surface area (Å²) < 4.78 is 24.2. The lowest BCUT2D eigenvalue weighted by molar-refractivity contribution is -0.0187. The van der Waals surface area contributed by atoms with Crippen LogP contribution in [0.4, 0.5) is 4.79 Å². The number of aryl methyl sites for hydroxylation is 1. The standard InChI is InChI=1S/C32H42N2O6/c1-8-17-39-24-13-15-33(27(19-24)22-9-11-23(12-10-22)30(35)38-7)20-26-25-14-16-34(31(36)40-32(3,4)5)29(25)21(2)18-28(26)37-6/h9-12,14,16,18,24,27H,8,13,15,17,19-20H2,1-7H3. The van der Waals surface area contributed by atoms with Gasteiger partial charge < -0.3 is 18.9 Å². The Labute approximate surface area is 237 Å². The molecular weight excluding hydrogens is 508 g/mol. The van der Waals surface area contributed by atoms with E-state index in [1.165, 1.54) is 7.11 Å². The highest BCUT2D eigenvalue weighted by Crippen LogP contribution is 2.38. The van der Waals surface area contributed by atoms with Gasteiger partial charge in [-0.1, -0.05) is 19.1 Å². The summed E-state index contributed by atoms with van der Waals surface area (Å²) in [6.07, 6.45) is 4.28. The lowest BCUT2D eigenvalue weighted by Crippen LogP contribution is -2.39. The minimum Gasteiger partial charge on any atom is -0.496 e. The van der Waals surface area contributed by atoms with Crippen molar-refractivity contribution in [3.05, 3.63) is 64.8 Å². The van der Waals surface area contributed by atoms with Gasteiger partial charge in [0.15, 0.2) is 0 Å². The van der Waals surface area contributed by atoms with Gasteiger partial charge in [0.25, 0.3) is 0 Å². The Morgan fingerprint density at radius 3 is 2.42 bits per heavy atom. The Kier molecular flexibility index (Phi) is 9.21. The molecule has 0 radical (unpaired) electrons. The smallest absolute Gasteiger partial charge is 0.419 e. The van der Waals surface area contributed by atoms with Crippen molar-refractivity contribution in [2.24, 2.45) is 0 Å². The third-order valence-electron chi connectivity index (χ3n) is 7.34. The first-order valence-corrected chi connectivity index (χ1v) is 14.0. The van der Waals surface area contributed by atoms with E-state index in [0.29, 0.717) is 12.1 Å². The van der Waals surface area contributed by atoms with Gasteiger partial charge in [0.2, 0.25) is 0 Å². The zero-order valence-electron chi connectivity index (χ0n) is 24.8. The largest absolute Gasteiger partial charge is 0.496 e. The number of hydrogen-bond donors (Lipinski definition) is 0. The predicted octanol–water partition coefficient (Wildman–Crippen LogP) is 6.66. The molecule has 216 valence electrons. The number of carbonyl (C=O) groups is 2. The van der Waals surface area contributed by atoms with Crippen LogP contribution in [-0.2, 0) is 20.8 Å². The minimum atomic E-state index is -0.599. The number of carbonyl (C=O) groups excluding carboxylic acids is 2. The van der Waals surface area contributed by atoms with Gasteiger partial charge >= 0.3 is 12.1 Å². The fourth-order valence-corrected chi connectivity index (χ4v) is 5.49. The molecule has 4 rings (SSSR count). The zero-order valence-corrected chi connectivity index (χ0v) is 24.8. The van der Waals surface area contributed by atoms with Crippen LogP contribution in [0.25, 0.3) is 10.9 Å². The van der Waals surface area contributed by atoms with Gasteiger partial charge in [0.05, 0.1) is 31.4 Å². The number of fused-ring (bicyclic) bond motifs is 1. The molecule has 1 aliphatic rings. The Balaban J connectivity index is 1.71. The van der Waals surface area contributed by atoms with E-state index < -0.39 is 11.7 Å². The van der Waals surface area contributed by atoms with Crippen LogP contribution in [0.1, 0.15) is 80.0 Å². The topological polar surface area (TPSA) is 79.2 Å². The van der Waals surface area contributed by atoms with Gasteiger partial charge in [-0.25, -0.2) is 9.59 Å². The van der Waals surface area contributed by atoms with Gasteiger partial charge in [-0.05, 0) is 82.3 Å². The van der Waals surface area contributed by atoms with Crippen LogP contribution in [0.5, 0.6) is 5.75 Å². The van der Waals surface area contributed by atoms with E-state index in [9.17, 15) is 9.59 Å². The molecule has 0 spiro atoms. The molecule has 8 heteroatoms. The van der Waals surface area contributed by atoms with Crippen molar-refractivity contribution in [2.75, 3.05) is 27.4 Å². The molecule has 3 aromatic rings. The molecule has 40 heavy (non-hydrogen) atoms. The molecule has 0 amide bonds. The van der Waals surface area contributed by atoms with Crippen molar-refractivity contribution >= 4 is 23.0 Å². The van der Waals surface area contributed by atoms with E-state index in [1.54, 1.807) is 17.9 Å². The first kappa shape index (κ1) is 29.6. The van der Waals surface area contributed by atoms with Crippen LogP contribution < -0.4 is 4.74 Å². The highest BCUT2D eigenvalue weighted by Gasteiger charge is 2.32. The molecule has 0 aliphatic carbocycles. The fourth-order valence-electron chi connectivity index (χ4n) is 5.49. The number of methoxy groups -OCH3 is 2. The first-order chi connectivity index (χ1) is 19.1. The molecule has 2 unspecified atom stereocenters. The summed E-state index contributed by atoms with van der Waals surface area (Å²) in [4.78, 5) is 27.5. The maximum absolute atomic E-state index is 13.1. The summed E-state index contributed by atoms with van der Waals surface area (Å²) in [5, 5.41) is 0.965. The lowest BCUT2D eigenvalue weighted by Gasteiger charge is -2.40. The summed E-state index contributed by atoms with van der Waals surface area (Å²) in [6.45, 7) is 11.9. The monoisotopic (exact) mass is 550 g/mol. The van der Waals surface area contributed by atoms with Gasteiger partial charge in [-0.2, -0.15) is 0 Å². The van der Waals surface area contributed by atoms with Gasteiger partial charge in [0, 0.05) is 42.9 Å². The van der Waals surface area contributed by atoms with Crippen molar-refractivity contribution in [2.45, 2.75) is 78.2 Å².